The van der Waals surface area contributed by atoms with Crippen molar-refractivity contribution in [3.8, 4) is 28.7 Å². The average Bonchev–Trinajstić information content (AvgIpc) is 3.52. The van der Waals surface area contributed by atoms with Gasteiger partial charge in [-0.1, -0.05) is 23.7 Å². The van der Waals surface area contributed by atoms with E-state index in [0.29, 0.717) is 45.0 Å². The molecule has 3 heterocycles. The number of rotatable bonds is 4. The van der Waals surface area contributed by atoms with Gasteiger partial charge in [0, 0.05) is 18.2 Å². The molecule has 0 spiro atoms. The van der Waals surface area contributed by atoms with E-state index in [1.54, 1.807) is 42.5 Å². The minimum atomic E-state index is -2.79. The van der Waals surface area contributed by atoms with Crippen LogP contribution in [0.3, 0.4) is 0 Å². The number of hydrogen-bond donors (Lipinski definition) is 2. The van der Waals surface area contributed by atoms with Crippen LogP contribution < -0.4 is 20.1 Å². The number of nitrogens with one attached hydrogen (secondary N) is 2. The van der Waals surface area contributed by atoms with E-state index < -0.39 is 29.9 Å². The van der Waals surface area contributed by atoms with Gasteiger partial charge >= 0.3 is 6.55 Å². The smallest absolute Gasteiger partial charge is 0.333 e. The molecule has 1 aliphatic carbocycles. The minimum absolute atomic E-state index is 0.0741. The normalized spacial score (nSPS) is 19.0. The van der Waals surface area contributed by atoms with Crippen molar-refractivity contribution < 1.29 is 27.8 Å². The number of carbonyl (C=O) groups excluding carboxylic acids is 2. The van der Waals surface area contributed by atoms with Gasteiger partial charge in [0.05, 0.1) is 22.9 Å². The predicted molar refractivity (Wildman–Crippen MR) is 141 cm³/mol. The Morgan fingerprint density at radius 3 is 2.55 bits per heavy atom. The fraction of sp³-hybridized carbons (Fsp3) is 0.286. The second-order valence-corrected chi connectivity index (χ2v) is 9.88. The third kappa shape index (κ3) is 6.07. The number of nitrogens with zero attached hydrogens (tertiary/aromatic N) is 3. The van der Waals surface area contributed by atoms with Crippen molar-refractivity contribution in [2.24, 2.45) is 0 Å². The summed E-state index contributed by atoms with van der Waals surface area (Å²) in [7, 11) is 0. The molecule has 1 atom stereocenters. The number of aromatic nitrogens is 2. The fourth-order valence-electron chi connectivity index (χ4n) is 4.20. The van der Waals surface area contributed by atoms with Crippen LogP contribution in [-0.2, 0) is 11.2 Å². The molecule has 12 heteroatoms. The summed E-state index contributed by atoms with van der Waals surface area (Å²) in [6.07, 6.45) is 7.07. The summed E-state index contributed by atoms with van der Waals surface area (Å²) in [5.41, 5.74) is 0.788. The van der Waals surface area contributed by atoms with Gasteiger partial charge in [-0.3, -0.25) is 9.59 Å². The molecule has 40 heavy (non-hydrogen) atoms. The Bertz CT molecular complexity index is 1510. The zero-order valence-electron chi connectivity index (χ0n) is 21.1. The molecule has 6 rings (SSSR count). The van der Waals surface area contributed by atoms with Crippen molar-refractivity contribution in [3.05, 3.63) is 77.1 Å². The van der Waals surface area contributed by atoms with Crippen molar-refractivity contribution in [2.45, 2.75) is 37.4 Å². The lowest BCUT2D eigenvalue weighted by molar-refractivity contribution is -0.123. The van der Waals surface area contributed by atoms with Gasteiger partial charge in [-0.05, 0) is 60.4 Å². The molecule has 0 unspecified atom stereocenters. The van der Waals surface area contributed by atoms with Crippen LogP contribution >= 0.6 is 11.6 Å². The molecule has 2 N–H and O–H groups in total. The second-order valence-electron chi connectivity index (χ2n) is 9.47. The highest BCUT2D eigenvalue weighted by Crippen LogP contribution is 2.35. The van der Waals surface area contributed by atoms with E-state index in [1.165, 1.54) is 18.5 Å². The molecule has 0 saturated heterocycles. The molecule has 2 amide bonds. The molecule has 3 aromatic rings. The van der Waals surface area contributed by atoms with Gasteiger partial charge in [0.25, 0.3) is 5.91 Å². The molecule has 2 bridgehead atoms. The molecule has 1 aromatic heterocycles. The van der Waals surface area contributed by atoms with Crippen LogP contribution in [0.25, 0.3) is 11.1 Å². The van der Waals surface area contributed by atoms with E-state index in [2.05, 4.69) is 21.8 Å². The van der Waals surface area contributed by atoms with Gasteiger partial charge < -0.3 is 20.1 Å². The number of fused-ring (bicyclic) bond motifs is 9. The van der Waals surface area contributed by atoms with Crippen LogP contribution in [0, 0.1) is 11.3 Å². The molecule has 1 saturated carbocycles. The van der Waals surface area contributed by atoms with Crippen LogP contribution in [0.4, 0.5) is 8.78 Å². The molecular weight excluding hydrogens is 544 g/mol. The van der Waals surface area contributed by atoms with Gasteiger partial charge in [-0.25, -0.2) is 4.68 Å². The number of hydrogen-bond acceptors (Lipinski definition) is 6. The van der Waals surface area contributed by atoms with E-state index >= 15 is 0 Å². The number of alkyl halides is 2. The first-order chi connectivity index (χ1) is 19.3. The molecule has 1 fully saturated rings. The van der Waals surface area contributed by atoms with Gasteiger partial charge in [0.2, 0.25) is 5.91 Å². The third-order valence-electron chi connectivity index (χ3n) is 6.58. The largest absolute Gasteiger partial charge is 0.489 e. The number of ether oxygens (including phenoxy) is 2. The average molecular weight is 568 g/mol. The fourth-order valence-corrected chi connectivity index (χ4v) is 4.45. The van der Waals surface area contributed by atoms with Crippen molar-refractivity contribution in [1.82, 2.24) is 20.4 Å². The van der Waals surface area contributed by atoms with Crippen LogP contribution in [0.2, 0.25) is 5.02 Å². The van der Waals surface area contributed by atoms with Gasteiger partial charge in [-0.2, -0.15) is 19.1 Å². The quantitative estimate of drug-likeness (QED) is 0.450. The SMILES string of the molecule is N#CC1(NC(=O)[C@@H]2Cc3ccc(c(Cl)c3)OC/C=C/COc3cc(-c4cnn(C(F)F)c4)ccc3C(=O)N2)CC1. The lowest BCUT2D eigenvalue weighted by atomic mass is 10.0. The van der Waals surface area contributed by atoms with Gasteiger partial charge in [0.15, 0.2) is 0 Å². The summed E-state index contributed by atoms with van der Waals surface area (Å²) in [4.78, 5) is 26.8. The summed E-state index contributed by atoms with van der Waals surface area (Å²) in [6.45, 7) is -2.51. The zero-order valence-corrected chi connectivity index (χ0v) is 21.8. The Kier molecular flexibility index (Phi) is 7.71. The predicted octanol–water partition coefficient (Wildman–Crippen LogP) is 4.44. The summed E-state index contributed by atoms with van der Waals surface area (Å²) < 4.78 is 38.2. The van der Waals surface area contributed by atoms with E-state index in [0.717, 1.165) is 0 Å². The first-order valence-corrected chi connectivity index (χ1v) is 12.8. The number of benzene rings is 2. The molecule has 9 nitrogen and oxygen atoms in total. The molecular formula is C28H24ClF2N5O4. The first kappa shape index (κ1) is 27.1. The minimum Gasteiger partial charge on any atom is -0.489 e. The van der Waals surface area contributed by atoms with Gasteiger partial charge in [0.1, 0.15) is 36.3 Å². The van der Waals surface area contributed by atoms with Crippen LogP contribution in [-0.4, -0.2) is 46.4 Å². The maximum Gasteiger partial charge on any atom is 0.333 e. The van der Waals surface area contributed by atoms with E-state index in [4.69, 9.17) is 21.1 Å². The zero-order chi connectivity index (χ0) is 28.3. The first-order valence-electron chi connectivity index (χ1n) is 12.5. The molecule has 2 aliphatic heterocycles. The second kappa shape index (κ2) is 11.4. The number of nitriles is 1. The standard InChI is InChI=1S/C28H24ClF2N5O4/c29-21-11-17-3-6-23(21)39-9-1-2-10-40-24-13-18(19-14-33-36(15-19)27(30)31)4-5-20(24)25(37)34-22(12-17)26(38)35-28(16-32)7-8-28/h1-6,11,13-15,22,27H,7-10,12H2,(H,34,37)(H,35,38)/b2-1+/t22-/m0/s1. The monoisotopic (exact) mass is 567 g/mol. The van der Waals surface area contributed by atoms with Crippen LogP contribution in [0.1, 0.15) is 35.3 Å². The van der Waals surface area contributed by atoms with Crippen molar-refractivity contribution in [2.75, 3.05) is 13.2 Å². The van der Waals surface area contributed by atoms with E-state index in [9.17, 15) is 23.6 Å². The summed E-state index contributed by atoms with van der Waals surface area (Å²) in [5.74, 6) is -0.465. The number of amides is 2. The Morgan fingerprint density at radius 2 is 1.90 bits per heavy atom. The highest BCUT2D eigenvalue weighted by atomic mass is 35.5. The number of halogens is 3. The maximum atomic E-state index is 13.5. The third-order valence-corrected chi connectivity index (χ3v) is 6.88. The van der Waals surface area contributed by atoms with Crippen LogP contribution in [0.15, 0.2) is 60.9 Å². The lowest BCUT2D eigenvalue weighted by Gasteiger charge is -2.22. The summed E-state index contributed by atoms with van der Waals surface area (Å²) in [5, 5.41) is 19.0. The summed E-state index contributed by atoms with van der Waals surface area (Å²) >= 11 is 6.39. The highest BCUT2D eigenvalue weighted by molar-refractivity contribution is 6.32. The van der Waals surface area contributed by atoms with Crippen molar-refractivity contribution >= 4 is 23.4 Å². The lowest BCUT2D eigenvalue weighted by Crippen LogP contribution is -2.51. The van der Waals surface area contributed by atoms with E-state index in [-0.39, 0.29) is 30.9 Å². The molecule has 3 aliphatic rings. The van der Waals surface area contributed by atoms with Crippen molar-refractivity contribution in [3.63, 3.8) is 0 Å². The van der Waals surface area contributed by atoms with Crippen molar-refractivity contribution in [1.29, 1.82) is 5.26 Å². The van der Waals surface area contributed by atoms with E-state index in [1.807, 2.05) is 0 Å². The van der Waals surface area contributed by atoms with Crippen LogP contribution in [0.5, 0.6) is 11.5 Å². The molecule has 206 valence electrons. The Balaban J connectivity index is 1.48. The molecule has 0 radical (unpaired) electrons. The summed E-state index contributed by atoms with van der Waals surface area (Å²) in [6, 6.07) is 10.8. The molecule has 2 aromatic carbocycles. The Labute approximate surface area is 233 Å². The number of carbonyl (C=O) groups is 2. The topological polar surface area (TPSA) is 118 Å². The maximum absolute atomic E-state index is 13.5. The Morgan fingerprint density at radius 1 is 1.15 bits per heavy atom. The van der Waals surface area contributed by atoms with Gasteiger partial charge in [-0.15, -0.1) is 0 Å². The Hall–Kier alpha value is -4.43. The highest BCUT2D eigenvalue weighted by Gasteiger charge is 2.45.